The Labute approximate surface area is 180 Å². The van der Waals surface area contributed by atoms with Gasteiger partial charge in [0.25, 0.3) is 5.91 Å². The highest BCUT2D eigenvalue weighted by atomic mass is 35.5. The summed E-state index contributed by atoms with van der Waals surface area (Å²) < 4.78 is 23.6. The zero-order valence-electron chi connectivity index (χ0n) is 15.6. The van der Waals surface area contributed by atoms with Crippen LogP contribution in [-0.2, 0) is 20.9 Å². The average Bonchev–Trinajstić information content (AvgIpc) is 3.06. The van der Waals surface area contributed by atoms with Gasteiger partial charge in [-0.25, -0.2) is 9.18 Å². The lowest BCUT2D eigenvalue weighted by Crippen LogP contribution is -2.19. The minimum absolute atomic E-state index is 0.151. The van der Waals surface area contributed by atoms with E-state index in [1.165, 1.54) is 25.5 Å². The van der Waals surface area contributed by atoms with Crippen molar-refractivity contribution in [3.8, 4) is 5.75 Å². The molecule has 3 rings (SSSR count). The van der Waals surface area contributed by atoms with E-state index in [9.17, 15) is 14.0 Å². The number of amidine groups is 1. The molecule has 0 spiro atoms. The molecule has 10 heteroatoms. The molecule has 0 aromatic heterocycles. The van der Waals surface area contributed by atoms with Crippen LogP contribution in [0.15, 0.2) is 63.6 Å². The summed E-state index contributed by atoms with van der Waals surface area (Å²) in [5.74, 6) is -0.985. The van der Waals surface area contributed by atoms with Gasteiger partial charge in [0.1, 0.15) is 18.2 Å². The SMILES string of the molecule is COC(=O)/C=C1/S/C(=N\N=Cc2cc(Cl)ccc2OCc2cccc(F)c2)NC1=O. The monoisotopic (exact) mass is 447 g/mol. The molecule has 154 valence electrons. The predicted octanol–water partition coefficient (Wildman–Crippen LogP) is 3.67. The van der Waals surface area contributed by atoms with Gasteiger partial charge in [0.2, 0.25) is 0 Å². The number of benzene rings is 2. The molecule has 1 amide bonds. The molecule has 2 aromatic rings. The fraction of sp³-hybridized carbons (Fsp3) is 0.100. The standard InChI is InChI=1S/C20H15ClFN3O4S/c1-28-18(26)9-17-19(27)24-20(30-17)25-23-10-13-8-14(21)5-6-16(13)29-11-12-3-2-4-15(22)7-12/h2-10H,11H2,1H3,(H,24,25,27)/b17-9+,23-10?. The normalized spacial score (nSPS) is 16.3. The number of hydrogen-bond donors (Lipinski definition) is 1. The number of esters is 1. The van der Waals surface area contributed by atoms with Gasteiger partial charge in [-0.05, 0) is 47.7 Å². The van der Waals surface area contributed by atoms with Crippen molar-refractivity contribution in [1.29, 1.82) is 0 Å². The van der Waals surface area contributed by atoms with Crippen LogP contribution in [0.1, 0.15) is 11.1 Å². The molecule has 0 bridgehead atoms. The second kappa shape index (κ2) is 10.0. The van der Waals surface area contributed by atoms with Crippen molar-refractivity contribution in [3.63, 3.8) is 0 Å². The number of carbonyl (C=O) groups excluding carboxylic acids is 2. The molecule has 30 heavy (non-hydrogen) atoms. The lowest BCUT2D eigenvalue weighted by atomic mass is 10.2. The minimum atomic E-state index is -0.642. The molecular weight excluding hydrogens is 433 g/mol. The van der Waals surface area contributed by atoms with Crippen LogP contribution in [0.4, 0.5) is 4.39 Å². The fourth-order valence-corrected chi connectivity index (χ4v) is 3.24. The summed E-state index contributed by atoms with van der Waals surface area (Å²) in [5.41, 5.74) is 1.21. The number of rotatable bonds is 6. The van der Waals surface area contributed by atoms with Gasteiger partial charge in [0.15, 0.2) is 5.17 Å². The van der Waals surface area contributed by atoms with Gasteiger partial charge in [0, 0.05) is 16.7 Å². The van der Waals surface area contributed by atoms with Crippen molar-refractivity contribution >= 4 is 46.6 Å². The van der Waals surface area contributed by atoms with Crippen LogP contribution < -0.4 is 10.1 Å². The molecule has 2 aromatic carbocycles. The van der Waals surface area contributed by atoms with Crippen molar-refractivity contribution in [2.75, 3.05) is 7.11 Å². The van der Waals surface area contributed by atoms with Gasteiger partial charge in [-0.3, -0.25) is 10.1 Å². The maximum atomic E-state index is 13.3. The van der Waals surface area contributed by atoms with E-state index in [0.29, 0.717) is 21.9 Å². The van der Waals surface area contributed by atoms with Gasteiger partial charge < -0.3 is 9.47 Å². The third-order valence-corrected chi connectivity index (χ3v) is 4.84. The van der Waals surface area contributed by atoms with Gasteiger partial charge >= 0.3 is 5.97 Å². The van der Waals surface area contributed by atoms with Crippen LogP contribution in [0.5, 0.6) is 5.75 Å². The molecular formula is C20H15ClFN3O4S. The number of nitrogens with one attached hydrogen (secondary N) is 1. The second-order valence-electron chi connectivity index (χ2n) is 5.84. The molecule has 1 aliphatic heterocycles. The number of nitrogens with zero attached hydrogens (tertiary/aromatic N) is 2. The highest BCUT2D eigenvalue weighted by Crippen LogP contribution is 2.25. The van der Waals surface area contributed by atoms with Crippen molar-refractivity contribution in [2.24, 2.45) is 10.2 Å². The maximum Gasteiger partial charge on any atom is 0.331 e. The molecule has 1 fully saturated rings. The number of hydrogen-bond acceptors (Lipinski definition) is 7. The first-order valence-corrected chi connectivity index (χ1v) is 9.70. The zero-order chi connectivity index (χ0) is 21.5. The fourth-order valence-electron chi connectivity index (χ4n) is 2.32. The summed E-state index contributed by atoms with van der Waals surface area (Å²) >= 11 is 7.00. The molecule has 1 aliphatic rings. The molecule has 1 N–H and O–H groups in total. The van der Waals surface area contributed by atoms with Crippen molar-refractivity contribution in [1.82, 2.24) is 5.32 Å². The van der Waals surface area contributed by atoms with E-state index in [4.69, 9.17) is 16.3 Å². The Balaban J connectivity index is 1.71. The molecule has 1 heterocycles. The van der Waals surface area contributed by atoms with Crippen molar-refractivity contribution < 1.29 is 23.5 Å². The first-order valence-electron chi connectivity index (χ1n) is 8.51. The van der Waals surface area contributed by atoms with E-state index in [0.717, 1.165) is 17.8 Å². The lowest BCUT2D eigenvalue weighted by Gasteiger charge is -2.09. The summed E-state index contributed by atoms with van der Waals surface area (Å²) in [6.45, 7) is 0.155. The Hall–Kier alpha value is -3.17. The van der Waals surface area contributed by atoms with Crippen LogP contribution in [-0.4, -0.2) is 30.4 Å². The topological polar surface area (TPSA) is 89.3 Å². The summed E-state index contributed by atoms with van der Waals surface area (Å²) in [6.07, 6.45) is 2.48. The zero-order valence-corrected chi connectivity index (χ0v) is 17.2. The maximum absolute atomic E-state index is 13.3. The van der Waals surface area contributed by atoms with Crippen LogP contribution in [0, 0.1) is 5.82 Å². The average molecular weight is 448 g/mol. The van der Waals surface area contributed by atoms with Gasteiger partial charge in [-0.15, -0.1) is 5.10 Å². The smallest absolute Gasteiger partial charge is 0.331 e. The van der Waals surface area contributed by atoms with Gasteiger partial charge in [-0.1, -0.05) is 23.7 Å². The Bertz CT molecular complexity index is 1070. The first kappa shape index (κ1) is 21.5. The molecule has 1 saturated heterocycles. The van der Waals surface area contributed by atoms with E-state index in [2.05, 4.69) is 20.3 Å². The Kier molecular flexibility index (Phi) is 7.21. The highest BCUT2D eigenvalue weighted by Gasteiger charge is 2.25. The van der Waals surface area contributed by atoms with Crippen molar-refractivity contribution in [2.45, 2.75) is 6.61 Å². The lowest BCUT2D eigenvalue weighted by molar-refractivity contribution is -0.135. The van der Waals surface area contributed by atoms with E-state index >= 15 is 0 Å². The Morgan fingerprint density at radius 2 is 2.13 bits per heavy atom. The molecule has 7 nitrogen and oxygen atoms in total. The van der Waals surface area contributed by atoms with Crippen LogP contribution in [0.25, 0.3) is 0 Å². The number of halogens is 2. The van der Waals surface area contributed by atoms with Crippen LogP contribution >= 0.6 is 23.4 Å². The van der Waals surface area contributed by atoms with E-state index in [1.54, 1.807) is 30.3 Å². The number of carbonyl (C=O) groups is 2. The third-order valence-electron chi connectivity index (χ3n) is 3.70. The molecule has 0 unspecified atom stereocenters. The van der Waals surface area contributed by atoms with E-state index in [1.807, 2.05) is 0 Å². The summed E-state index contributed by atoms with van der Waals surface area (Å²) in [7, 11) is 1.22. The highest BCUT2D eigenvalue weighted by molar-refractivity contribution is 8.18. The molecule has 0 saturated carbocycles. The number of thioether (sulfide) groups is 1. The van der Waals surface area contributed by atoms with E-state index in [-0.39, 0.29) is 22.5 Å². The molecule has 0 radical (unpaired) electrons. The van der Waals surface area contributed by atoms with Crippen LogP contribution in [0.2, 0.25) is 5.02 Å². The second-order valence-corrected chi connectivity index (χ2v) is 7.31. The third kappa shape index (κ3) is 5.91. The van der Waals surface area contributed by atoms with Gasteiger partial charge in [-0.2, -0.15) is 5.10 Å². The largest absolute Gasteiger partial charge is 0.488 e. The Morgan fingerprint density at radius 1 is 1.30 bits per heavy atom. The minimum Gasteiger partial charge on any atom is -0.488 e. The Morgan fingerprint density at radius 3 is 2.90 bits per heavy atom. The number of amides is 1. The van der Waals surface area contributed by atoms with Crippen LogP contribution in [0.3, 0.4) is 0 Å². The first-order chi connectivity index (χ1) is 14.4. The quantitative estimate of drug-likeness (QED) is 0.316. The summed E-state index contributed by atoms with van der Waals surface area (Å²) in [5, 5.41) is 11.0. The summed E-state index contributed by atoms with van der Waals surface area (Å²) in [4.78, 5) is 23.2. The van der Waals surface area contributed by atoms with E-state index < -0.39 is 11.9 Å². The number of ether oxygens (including phenoxy) is 2. The summed E-state index contributed by atoms with van der Waals surface area (Å²) in [6, 6.07) is 11.0. The number of methoxy groups -OCH3 is 1. The molecule has 0 aliphatic carbocycles. The van der Waals surface area contributed by atoms with Gasteiger partial charge in [0.05, 0.1) is 18.2 Å². The molecule has 0 atom stereocenters. The van der Waals surface area contributed by atoms with Crippen molar-refractivity contribution in [3.05, 3.63) is 75.4 Å². The predicted molar refractivity (Wildman–Crippen MR) is 113 cm³/mol.